The van der Waals surface area contributed by atoms with Crippen molar-refractivity contribution in [1.29, 1.82) is 0 Å². The van der Waals surface area contributed by atoms with Crippen LogP contribution in [0.25, 0.3) is 11.0 Å². The molecule has 1 amide bonds. The third-order valence-corrected chi connectivity index (χ3v) is 4.90. The molecule has 0 aliphatic carbocycles. The molecule has 1 N–H and O–H groups in total. The fourth-order valence-corrected chi connectivity index (χ4v) is 3.46. The molecule has 1 heterocycles. The minimum absolute atomic E-state index is 0.0199. The smallest absolute Gasteiger partial charge is 0.349 e. The van der Waals surface area contributed by atoms with Crippen molar-refractivity contribution < 1.29 is 28.4 Å². The normalized spacial score (nSPS) is 11.6. The third kappa shape index (κ3) is 4.78. The molecule has 0 fully saturated rings. The number of nitro groups is 1. The summed E-state index contributed by atoms with van der Waals surface area (Å²) in [5.74, 6) is -1.46. The van der Waals surface area contributed by atoms with Crippen LogP contribution >= 0.6 is 15.9 Å². The highest BCUT2D eigenvalue weighted by molar-refractivity contribution is 9.10. The fourth-order valence-electron chi connectivity index (χ4n) is 3.01. The molecule has 3 aromatic rings. The molecule has 0 spiro atoms. The summed E-state index contributed by atoms with van der Waals surface area (Å²) in [5.41, 5.74) is -1.30. The van der Waals surface area contributed by atoms with E-state index in [2.05, 4.69) is 21.2 Å². The lowest BCUT2D eigenvalue weighted by Gasteiger charge is -2.17. The Bertz CT molecular complexity index is 1270. The van der Waals surface area contributed by atoms with Crippen LogP contribution in [0.2, 0.25) is 0 Å². The van der Waals surface area contributed by atoms with Crippen molar-refractivity contribution in [1.82, 2.24) is 5.32 Å². The molecule has 0 aliphatic heterocycles. The predicted molar refractivity (Wildman–Crippen MR) is 117 cm³/mol. The van der Waals surface area contributed by atoms with Crippen LogP contribution in [0.3, 0.4) is 0 Å². The van der Waals surface area contributed by atoms with E-state index in [4.69, 9.17) is 13.9 Å². The summed E-state index contributed by atoms with van der Waals surface area (Å²) in [7, 11) is 1.41. The van der Waals surface area contributed by atoms with E-state index in [1.54, 1.807) is 19.1 Å². The molecule has 1 aromatic heterocycles. The van der Waals surface area contributed by atoms with Gasteiger partial charge in [-0.15, -0.1) is 0 Å². The summed E-state index contributed by atoms with van der Waals surface area (Å²) in [6.07, 6.45) is 0. The highest BCUT2D eigenvalue weighted by Crippen LogP contribution is 2.29. The minimum atomic E-state index is -1.38. The van der Waals surface area contributed by atoms with Crippen LogP contribution in [0, 0.1) is 10.1 Å². The number of carbonyl (C=O) groups is 2. The van der Waals surface area contributed by atoms with Gasteiger partial charge < -0.3 is 19.2 Å². The molecule has 10 nitrogen and oxygen atoms in total. The molecule has 0 saturated heterocycles. The molecule has 1 unspecified atom stereocenters. The summed E-state index contributed by atoms with van der Waals surface area (Å²) in [5, 5.41) is 13.9. The average Bonchev–Trinajstić information content (AvgIpc) is 2.76. The summed E-state index contributed by atoms with van der Waals surface area (Å²) >= 11 is 3.31. The number of rotatable bonds is 7. The van der Waals surface area contributed by atoms with Crippen molar-refractivity contribution in [2.24, 2.45) is 0 Å². The van der Waals surface area contributed by atoms with Gasteiger partial charge in [-0.3, -0.25) is 14.9 Å². The number of amides is 1. The number of nitrogens with zero attached hydrogens (tertiary/aromatic N) is 1. The summed E-state index contributed by atoms with van der Waals surface area (Å²) in [6, 6.07) is 8.35. The largest absolute Gasteiger partial charge is 0.493 e. The van der Waals surface area contributed by atoms with Gasteiger partial charge in [-0.25, -0.2) is 9.59 Å². The number of esters is 1. The molecular formula is C21H17BrN2O8. The maximum absolute atomic E-state index is 12.9. The first kappa shape index (κ1) is 22.9. The van der Waals surface area contributed by atoms with Crippen molar-refractivity contribution in [3.05, 3.63) is 78.6 Å². The first-order chi connectivity index (χ1) is 15.2. The van der Waals surface area contributed by atoms with E-state index >= 15 is 0 Å². The Morgan fingerprint density at radius 3 is 2.66 bits per heavy atom. The molecule has 2 aromatic carbocycles. The number of fused-ring (bicyclic) bond motifs is 1. The standard InChI is InChI=1S/C21H17BrN2O8/c1-3-31-21(27)17(11-5-4-6-14(8-11)24(28)29)23-19(25)15-9-12-7-13(22)10-16(30-2)18(12)32-20(15)26/h4-10,17H,3H2,1-2H3,(H,23,25). The van der Waals surface area contributed by atoms with Gasteiger partial charge in [0.15, 0.2) is 17.4 Å². The lowest BCUT2D eigenvalue weighted by Crippen LogP contribution is -2.37. The average molecular weight is 505 g/mol. The third-order valence-electron chi connectivity index (χ3n) is 4.44. The Balaban J connectivity index is 2.02. The van der Waals surface area contributed by atoms with E-state index in [1.165, 1.54) is 31.4 Å². The van der Waals surface area contributed by atoms with Gasteiger partial charge in [0.25, 0.3) is 11.6 Å². The van der Waals surface area contributed by atoms with Gasteiger partial charge in [0.2, 0.25) is 0 Å². The van der Waals surface area contributed by atoms with Crippen LogP contribution in [-0.2, 0) is 9.53 Å². The van der Waals surface area contributed by atoms with Crippen molar-refractivity contribution in [3.8, 4) is 5.75 Å². The van der Waals surface area contributed by atoms with Gasteiger partial charge in [-0.05, 0) is 30.7 Å². The molecule has 166 valence electrons. The number of benzene rings is 2. The predicted octanol–water partition coefficient (Wildman–Crippen LogP) is 3.51. The molecule has 11 heteroatoms. The SMILES string of the molecule is CCOC(=O)C(NC(=O)c1cc2cc(Br)cc(OC)c2oc1=O)c1cccc([N+](=O)[O-])c1. The molecule has 1 atom stereocenters. The van der Waals surface area contributed by atoms with E-state index < -0.39 is 28.5 Å². The zero-order chi connectivity index (χ0) is 23.4. The first-order valence-corrected chi connectivity index (χ1v) is 10.1. The summed E-state index contributed by atoms with van der Waals surface area (Å²) < 4.78 is 16.1. The van der Waals surface area contributed by atoms with E-state index in [0.29, 0.717) is 15.6 Å². The quantitative estimate of drug-likeness (QED) is 0.223. The van der Waals surface area contributed by atoms with Gasteiger partial charge in [-0.2, -0.15) is 0 Å². The Labute approximate surface area is 189 Å². The number of nitrogens with one attached hydrogen (secondary N) is 1. The summed E-state index contributed by atoms with van der Waals surface area (Å²) in [4.78, 5) is 48.3. The molecule has 32 heavy (non-hydrogen) atoms. The fraction of sp³-hybridized carbons (Fsp3) is 0.190. The second-order valence-corrected chi connectivity index (χ2v) is 7.40. The van der Waals surface area contributed by atoms with E-state index in [1.807, 2.05) is 0 Å². The lowest BCUT2D eigenvalue weighted by molar-refractivity contribution is -0.384. The molecule has 0 bridgehead atoms. The van der Waals surface area contributed by atoms with Gasteiger partial charge in [0.1, 0.15) is 5.56 Å². The van der Waals surface area contributed by atoms with Gasteiger partial charge >= 0.3 is 11.6 Å². The van der Waals surface area contributed by atoms with E-state index in [-0.39, 0.29) is 29.0 Å². The van der Waals surface area contributed by atoms with E-state index in [0.717, 1.165) is 6.07 Å². The first-order valence-electron chi connectivity index (χ1n) is 9.28. The molecule has 0 saturated carbocycles. The monoisotopic (exact) mass is 504 g/mol. The number of non-ortho nitro benzene ring substituents is 1. The minimum Gasteiger partial charge on any atom is -0.493 e. The Morgan fingerprint density at radius 2 is 2.00 bits per heavy atom. The number of hydrogen-bond donors (Lipinski definition) is 1. The highest BCUT2D eigenvalue weighted by Gasteiger charge is 2.28. The Kier molecular flexibility index (Phi) is 6.89. The van der Waals surface area contributed by atoms with Crippen molar-refractivity contribution in [2.45, 2.75) is 13.0 Å². The number of halogens is 1. The second-order valence-electron chi connectivity index (χ2n) is 6.48. The van der Waals surface area contributed by atoms with Gasteiger partial charge in [-0.1, -0.05) is 28.1 Å². The van der Waals surface area contributed by atoms with Crippen LogP contribution in [0.15, 0.2) is 56.1 Å². The topological polar surface area (TPSA) is 138 Å². The number of nitro benzene ring substituents is 1. The van der Waals surface area contributed by atoms with Crippen LogP contribution in [0.1, 0.15) is 28.9 Å². The van der Waals surface area contributed by atoms with Crippen molar-refractivity contribution >= 4 is 44.5 Å². The number of carbonyl (C=O) groups excluding carboxylic acids is 2. The van der Waals surface area contributed by atoms with Crippen LogP contribution < -0.4 is 15.7 Å². The van der Waals surface area contributed by atoms with Crippen LogP contribution in [-0.4, -0.2) is 30.5 Å². The van der Waals surface area contributed by atoms with Gasteiger partial charge in [0.05, 0.1) is 18.6 Å². The number of ether oxygens (including phenoxy) is 2. The Morgan fingerprint density at radius 1 is 1.25 bits per heavy atom. The number of methoxy groups -OCH3 is 1. The zero-order valence-electron chi connectivity index (χ0n) is 16.9. The number of hydrogen-bond acceptors (Lipinski definition) is 8. The second kappa shape index (κ2) is 9.60. The maximum Gasteiger partial charge on any atom is 0.349 e. The van der Waals surface area contributed by atoms with Crippen molar-refractivity contribution in [2.75, 3.05) is 13.7 Å². The van der Waals surface area contributed by atoms with Crippen LogP contribution in [0.5, 0.6) is 5.75 Å². The maximum atomic E-state index is 12.9. The van der Waals surface area contributed by atoms with Crippen molar-refractivity contribution in [3.63, 3.8) is 0 Å². The van der Waals surface area contributed by atoms with Crippen LogP contribution in [0.4, 0.5) is 5.69 Å². The summed E-state index contributed by atoms with van der Waals surface area (Å²) in [6.45, 7) is 1.60. The molecule has 0 aliphatic rings. The molecule has 0 radical (unpaired) electrons. The highest BCUT2D eigenvalue weighted by atomic mass is 79.9. The lowest BCUT2D eigenvalue weighted by atomic mass is 10.1. The Hall–Kier alpha value is -3.73. The zero-order valence-corrected chi connectivity index (χ0v) is 18.5. The molecular weight excluding hydrogens is 488 g/mol. The molecule has 3 rings (SSSR count). The van der Waals surface area contributed by atoms with Gasteiger partial charge in [0, 0.05) is 22.0 Å². The van der Waals surface area contributed by atoms with E-state index in [9.17, 15) is 24.5 Å².